The van der Waals surface area contributed by atoms with Gasteiger partial charge < -0.3 is 19.7 Å². The van der Waals surface area contributed by atoms with E-state index < -0.39 is 24.3 Å². The number of alkyl halides is 6. The number of carboxylic acid groups (broad SMARTS) is 2. The summed E-state index contributed by atoms with van der Waals surface area (Å²) in [7, 11) is 0. The summed E-state index contributed by atoms with van der Waals surface area (Å²) in [4.78, 5) is 24.4. The van der Waals surface area contributed by atoms with E-state index in [4.69, 9.17) is 29.3 Å². The van der Waals surface area contributed by atoms with E-state index in [1.807, 2.05) is 30.5 Å². The van der Waals surface area contributed by atoms with E-state index in [9.17, 15) is 30.7 Å². The Hall–Kier alpha value is -3.30. The second-order valence-corrected chi connectivity index (χ2v) is 8.39. The molecule has 2 heterocycles. The van der Waals surface area contributed by atoms with E-state index in [0.717, 1.165) is 43.7 Å². The summed E-state index contributed by atoms with van der Waals surface area (Å²) in [5.74, 6) is -5.70. The first kappa shape index (κ1) is 31.9. The number of halogens is 7. The van der Waals surface area contributed by atoms with Gasteiger partial charge in [-0.15, -0.1) is 0 Å². The Morgan fingerprint density at radius 2 is 1.56 bits per heavy atom. The van der Waals surface area contributed by atoms with Crippen molar-refractivity contribution in [3.05, 3.63) is 65.7 Å². The number of morpholine rings is 1. The molecule has 1 aliphatic carbocycles. The van der Waals surface area contributed by atoms with Crippen LogP contribution in [0.15, 0.2) is 48.8 Å². The monoisotopic (exact) mass is 570 g/mol. The number of aromatic nitrogens is 1. The zero-order valence-electron chi connectivity index (χ0n) is 20.2. The molecule has 1 aromatic carbocycles. The molecular formula is C24H25F7N2O6. The van der Waals surface area contributed by atoms with Crippen molar-refractivity contribution < 1.29 is 60.0 Å². The minimum Gasteiger partial charge on any atom is -0.475 e. The molecule has 4 rings (SSSR count). The summed E-state index contributed by atoms with van der Waals surface area (Å²) in [6.07, 6.45) is -4.23. The van der Waals surface area contributed by atoms with Gasteiger partial charge in [-0.05, 0) is 42.2 Å². The SMILES string of the molecule is Fc1ccc(CN2CCO[C@H]3[C@H](OCc4cccnc4)CC[C@@H]32)cc1.O=C(O)C(F)(F)F.O=C(O)C(F)(F)F. The summed E-state index contributed by atoms with van der Waals surface area (Å²) in [5.41, 5.74) is 2.23. The molecule has 2 aliphatic rings. The van der Waals surface area contributed by atoms with Gasteiger partial charge in [0.15, 0.2) is 0 Å². The van der Waals surface area contributed by atoms with Gasteiger partial charge >= 0.3 is 24.3 Å². The van der Waals surface area contributed by atoms with Crippen LogP contribution in [0.25, 0.3) is 0 Å². The Labute approximate surface area is 218 Å². The predicted molar refractivity (Wildman–Crippen MR) is 120 cm³/mol. The third-order valence-electron chi connectivity index (χ3n) is 5.62. The Balaban J connectivity index is 0.000000317. The van der Waals surface area contributed by atoms with Crippen molar-refractivity contribution in [3.63, 3.8) is 0 Å². The molecule has 1 aromatic heterocycles. The zero-order chi connectivity index (χ0) is 29.2. The minimum absolute atomic E-state index is 0.117. The smallest absolute Gasteiger partial charge is 0.475 e. The van der Waals surface area contributed by atoms with Crippen molar-refractivity contribution in [2.75, 3.05) is 13.2 Å². The van der Waals surface area contributed by atoms with Crippen LogP contribution in [-0.2, 0) is 32.2 Å². The average Bonchev–Trinajstić information content (AvgIpc) is 3.28. The van der Waals surface area contributed by atoms with Crippen LogP contribution in [0.3, 0.4) is 0 Å². The lowest BCUT2D eigenvalue weighted by Gasteiger charge is -2.39. The number of aliphatic carboxylic acids is 2. The molecule has 39 heavy (non-hydrogen) atoms. The molecule has 2 N–H and O–H groups in total. The third-order valence-corrected chi connectivity index (χ3v) is 5.62. The highest BCUT2D eigenvalue weighted by Gasteiger charge is 2.43. The van der Waals surface area contributed by atoms with Crippen LogP contribution < -0.4 is 0 Å². The van der Waals surface area contributed by atoms with Crippen molar-refractivity contribution in [2.24, 2.45) is 0 Å². The summed E-state index contributed by atoms with van der Waals surface area (Å²) in [5, 5.41) is 14.2. The number of nitrogens with zero attached hydrogens (tertiary/aromatic N) is 2. The van der Waals surface area contributed by atoms with Crippen LogP contribution in [0.1, 0.15) is 24.0 Å². The molecule has 216 valence electrons. The minimum atomic E-state index is -5.08. The van der Waals surface area contributed by atoms with Crippen LogP contribution in [0.5, 0.6) is 0 Å². The largest absolute Gasteiger partial charge is 0.490 e. The van der Waals surface area contributed by atoms with Crippen LogP contribution in [0.2, 0.25) is 0 Å². The molecule has 3 atom stereocenters. The standard InChI is InChI=1S/C20H23FN2O2.2C2HF3O2/c21-17-5-3-15(4-6-17)13-23-10-11-24-20-18(23)7-8-19(20)25-14-16-2-1-9-22-12-16;2*3-2(4,5)1(6)7/h1-6,9,12,18-20H,7-8,10-11,13-14H2;2*(H,6,7)/t18-,19+,20+;;/m0../s1. The van der Waals surface area contributed by atoms with Gasteiger partial charge in [0, 0.05) is 31.5 Å². The number of hydrogen-bond donors (Lipinski definition) is 2. The van der Waals surface area contributed by atoms with Crippen LogP contribution in [0, 0.1) is 5.82 Å². The fraction of sp³-hybridized carbons (Fsp3) is 0.458. The van der Waals surface area contributed by atoms with Crippen LogP contribution in [0.4, 0.5) is 30.7 Å². The van der Waals surface area contributed by atoms with Crippen LogP contribution in [-0.4, -0.2) is 75.8 Å². The molecule has 0 spiro atoms. The molecule has 0 radical (unpaired) electrons. The quantitative estimate of drug-likeness (QED) is 0.509. The summed E-state index contributed by atoms with van der Waals surface area (Å²) >= 11 is 0. The van der Waals surface area contributed by atoms with E-state index in [2.05, 4.69) is 9.88 Å². The highest BCUT2D eigenvalue weighted by atomic mass is 19.4. The molecular weight excluding hydrogens is 545 g/mol. The summed E-state index contributed by atoms with van der Waals surface area (Å²) in [6.45, 7) is 3.03. The normalized spacial score (nSPS) is 21.1. The van der Waals surface area contributed by atoms with Gasteiger partial charge in [-0.2, -0.15) is 26.3 Å². The van der Waals surface area contributed by atoms with E-state index in [1.54, 1.807) is 6.20 Å². The molecule has 0 unspecified atom stereocenters. The maximum absolute atomic E-state index is 13.1. The predicted octanol–water partition coefficient (Wildman–Crippen LogP) is 4.44. The van der Waals surface area contributed by atoms with Gasteiger partial charge in [0.2, 0.25) is 0 Å². The Bertz CT molecular complexity index is 1030. The molecule has 1 aliphatic heterocycles. The first-order valence-electron chi connectivity index (χ1n) is 11.4. The number of ether oxygens (including phenoxy) is 2. The lowest BCUT2D eigenvalue weighted by atomic mass is 10.1. The number of carbonyl (C=O) groups is 2. The Morgan fingerprint density at radius 3 is 2.08 bits per heavy atom. The summed E-state index contributed by atoms with van der Waals surface area (Å²) in [6, 6.07) is 11.1. The van der Waals surface area contributed by atoms with Gasteiger partial charge in [0.05, 0.1) is 25.4 Å². The number of rotatable bonds is 5. The first-order valence-corrected chi connectivity index (χ1v) is 11.4. The Kier molecular flexibility index (Phi) is 11.6. The number of pyridine rings is 1. The average molecular weight is 570 g/mol. The molecule has 0 amide bonds. The topological polar surface area (TPSA) is 109 Å². The van der Waals surface area contributed by atoms with Gasteiger partial charge in [0.1, 0.15) is 5.82 Å². The molecule has 1 saturated carbocycles. The van der Waals surface area contributed by atoms with Crippen molar-refractivity contribution in [2.45, 2.75) is 56.6 Å². The van der Waals surface area contributed by atoms with E-state index >= 15 is 0 Å². The van der Waals surface area contributed by atoms with Gasteiger partial charge in [0.25, 0.3) is 0 Å². The third kappa shape index (κ3) is 10.8. The fourth-order valence-electron chi connectivity index (χ4n) is 3.88. The van der Waals surface area contributed by atoms with E-state index in [-0.39, 0.29) is 18.0 Å². The zero-order valence-corrected chi connectivity index (χ0v) is 20.2. The second kappa shape index (κ2) is 14.2. The maximum atomic E-state index is 13.1. The van der Waals surface area contributed by atoms with Gasteiger partial charge in [-0.3, -0.25) is 9.88 Å². The molecule has 2 aromatic rings. The second-order valence-electron chi connectivity index (χ2n) is 8.39. The lowest BCUT2D eigenvalue weighted by molar-refractivity contribution is -0.193. The maximum Gasteiger partial charge on any atom is 0.490 e. The van der Waals surface area contributed by atoms with Crippen LogP contribution >= 0.6 is 0 Å². The number of carboxylic acids is 2. The van der Waals surface area contributed by atoms with Crippen molar-refractivity contribution >= 4 is 11.9 Å². The number of hydrogen-bond acceptors (Lipinski definition) is 6. The lowest BCUT2D eigenvalue weighted by Crippen LogP contribution is -2.51. The fourth-order valence-corrected chi connectivity index (χ4v) is 3.88. The van der Waals surface area contributed by atoms with Gasteiger partial charge in [-0.25, -0.2) is 14.0 Å². The number of benzene rings is 1. The molecule has 8 nitrogen and oxygen atoms in total. The Morgan fingerprint density at radius 1 is 0.974 bits per heavy atom. The highest BCUT2D eigenvalue weighted by Crippen LogP contribution is 2.33. The molecule has 2 fully saturated rings. The van der Waals surface area contributed by atoms with Gasteiger partial charge in [-0.1, -0.05) is 18.2 Å². The molecule has 15 heteroatoms. The molecule has 0 bridgehead atoms. The van der Waals surface area contributed by atoms with E-state index in [0.29, 0.717) is 12.6 Å². The summed E-state index contributed by atoms with van der Waals surface area (Å²) < 4.78 is 88.8. The van der Waals surface area contributed by atoms with Crippen molar-refractivity contribution in [1.82, 2.24) is 9.88 Å². The van der Waals surface area contributed by atoms with Crippen molar-refractivity contribution in [3.8, 4) is 0 Å². The van der Waals surface area contributed by atoms with Crippen molar-refractivity contribution in [1.29, 1.82) is 0 Å². The highest BCUT2D eigenvalue weighted by molar-refractivity contribution is 5.73. The number of fused-ring (bicyclic) bond motifs is 1. The first-order chi connectivity index (χ1) is 18.2. The molecule has 1 saturated heterocycles. The van der Waals surface area contributed by atoms with E-state index in [1.165, 1.54) is 12.1 Å².